The van der Waals surface area contributed by atoms with Crippen molar-refractivity contribution < 1.29 is 14.7 Å². The Morgan fingerprint density at radius 3 is 1.10 bits per heavy atom. The molecule has 0 bridgehead atoms. The van der Waals surface area contributed by atoms with Crippen LogP contribution < -0.4 is 10.6 Å². The Bertz CT molecular complexity index is 709. The fourth-order valence-electron chi connectivity index (χ4n) is 6.33. The molecule has 2 atom stereocenters. The Labute approximate surface area is 298 Å². The predicted molar refractivity (Wildman–Crippen MR) is 208 cm³/mol. The van der Waals surface area contributed by atoms with Crippen LogP contribution >= 0.6 is 0 Å². The van der Waals surface area contributed by atoms with Crippen LogP contribution in [0.5, 0.6) is 0 Å². The van der Waals surface area contributed by atoms with Crippen molar-refractivity contribution in [3.63, 3.8) is 0 Å². The van der Waals surface area contributed by atoms with Gasteiger partial charge >= 0.3 is 0 Å². The highest BCUT2D eigenvalue weighted by Gasteiger charge is 2.22. The molecule has 0 rings (SSSR count). The fraction of sp³-hybridized carbons (Fsp3) is 0.857. The number of carbonyl (C=O) groups excluding carboxylic acids is 2. The van der Waals surface area contributed by atoms with Gasteiger partial charge in [-0.2, -0.15) is 0 Å². The van der Waals surface area contributed by atoms with E-state index in [2.05, 4.69) is 48.8 Å². The van der Waals surface area contributed by atoms with Crippen molar-refractivity contribution >= 4 is 11.8 Å². The van der Waals surface area contributed by atoms with Crippen molar-refractivity contribution in [2.24, 2.45) is 0 Å². The molecular formula is C42H81N3O3. The number of carbonyl (C=O) groups is 2. The summed E-state index contributed by atoms with van der Waals surface area (Å²) in [6.07, 6.45) is 42.2. The third kappa shape index (κ3) is 31.6. The lowest BCUT2D eigenvalue weighted by molar-refractivity contribution is -0.124. The maximum atomic E-state index is 12.6. The molecule has 282 valence electrons. The van der Waals surface area contributed by atoms with Gasteiger partial charge in [-0.05, 0) is 78.1 Å². The number of aliphatic hydroxyl groups is 1. The third-order valence-electron chi connectivity index (χ3n) is 9.42. The van der Waals surface area contributed by atoms with Gasteiger partial charge in [-0.1, -0.05) is 141 Å². The Morgan fingerprint density at radius 2 is 0.792 bits per heavy atom. The van der Waals surface area contributed by atoms with Crippen molar-refractivity contribution in [3.05, 3.63) is 24.3 Å². The maximum absolute atomic E-state index is 12.6. The number of hydrogen-bond acceptors (Lipinski definition) is 4. The number of aliphatic hydroxyl groups excluding tert-OH is 1. The molecule has 6 nitrogen and oxygen atoms in total. The summed E-state index contributed by atoms with van der Waals surface area (Å²) < 4.78 is 0. The molecule has 0 aliphatic rings. The largest absolute Gasteiger partial charge is 0.395 e. The average Bonchev–Trinajstić information content (AvgIpc) is 3.06. The number of hydrogen-bond donors (Lipinski definition) is 3. The van der Waals surface area contributed by atoms with E-state index in [-0.39, 0.29) is 30.8 Å². The van der Waals surface area contributed by atoms with Crippen LogP contribution in [-0.4, -0.2) is 47.3 Å². The van der Waals surface area contributed by atoms with Crippen LogP contribution in [0, 0.1) is 0 Å². The minimum Gasteiger partial charge on any atom is -0.395 e. The van der Waals surface area contributed by atoms with Gasteiger partial charge in [-0.3, -0.25) is 14.5 Å². The lowest BCUT2D eigenvalue weighted by atomic mass is 10.1. The van der Waals surface area contributed by atoms with Crippen LogP contribution in [0.3, 0.4) is 0 Å². The zero-order valence-electron chi connectivity index (χ0n) is 32.4. The molecule has 48 heavy (non-hydrogen) atoms. The first kappa shape index (κ1) is 46.3. The van der Waals surface area contributed by atoms with Gasteiger partial charge in [0.1, 0.15) is 0 Å². The van der Waals surface area contributed by atoms with E-state index in [0.717, 1.165) is 25.7 Å². The highest BCUT2D eigenvalue weighted by molar-refractivity contribution is 5.76. The van der Waals surface area contributed by atoms with Gasteiger partial charge in [0.15, 0.2) is 0 Å². The average molecular weight is 676 g/mol. The summed E-state index contributed by atoms with van der Waals surface area (Å²) >= 11 is 0. The Kier molecular flexibility index (Phi) is 35.3. The lowest BCUT2D eigenvalue weighted by Gasteiger charge is -2.34. The zero-order chi connectivity index (χ0) is 35.3. The summed E-state index contributed by atoms with van der Waals surface area (Å²) in [7, 11) is 0. The number of amides is 2. The van der Waals surface area contributed by atoms with Crippen molar-refractivity contribution in [3.8, 4) is 0 Å². The second-order valence-corrected chi connectivity index (χ2v) is 14.1. The van der Waals surface area contributed by atoms with E-state index in [1.807, 2.05) is 18.7 Å². The summed E-state index contributed by atoms with van der Waals surface area (Å²) in [5.41, 5.74) is 0. The minimum atomic E-state index is -0.261. The third-order valence-corrected chi connectivity index (χ3v) is 9.42. The van der Waals surface area contributed by atoms with Gasteiger partial charge in [0.2, 0.25) is 11.8 Å². The number of nitrogens with zero attached hydrogens (tertiary/aromatic N) is 1. The second-order valence-electron chi connectivity index (χ2n) is 14.1. The van der Waals surface area contributed by atoms with Gasteiger partial charge < -0.3 is 15.7 Å². The first-order valence-electron chi connectivity index (χ1n) is 20.7. The summed E-state index contributed by atoms with van der Waals surface area (Å²) in [4.78, 5) is 27.2. The highest BCUT2D eigenvalue weighted by atomic mass is 16.3. The molecule has 6 heteroatoms. The van der Waals surface area contributed by atoms with E-state index >= 15 is 0 Å². The molecule has 0 radical (unpaired) electrons. The van der Waals surface area contributed by atoms with Gasteiger partial charge in [-0.25, -0.2) is 0 Å². The molecule has 0 spiro atoms. The normalized spacial score (nSPS) is 13.1. The molecule has 0 saturated heterocycles. The molecule has 3 N–H and O–H groups in total. The van der Waals surface area contributed by atoms with Crippen LogP contribution in [-0.2, 0) is 9.59 Å². The van der Waals surface area contributed by atoms with Crippen molar-refractivity contribution in [1.82, 2.24) is 15.5 Å². The Morgan fingerprint density at radius 1 is 0.500 bits per heavy atom. The number of allylic oxidation sites excluding steroid dienone is 4. The van der Waals surface area contributed by atoms with E-state index in [9.17, 15) is 14.7 Å². The summed E-state index contributed by atoms with van der Waals surface area (Å²) in [6.45, 7) is 8.76. The smallest absolute Gasteiger partial charge is 0.221 e. The van der Waals surface area contributed by atoms with E-state index in [0.29, 0.717) is 19.4 Å². The molecule has 2 amide bonds. The molecule has 0 aliphatic heterocycles. The molecule has 0 aliphatic carbocycles. The molecule has 0 aromatic rings. The van der Waals surface area contributed by atoms with Gasteiger partial charge in [-0.15, -0.1) is 0 Å². The molecule has 0 aromatic carbocycles. The Balaban J connectivity index is 3.92. The molecular weight excluding hydrogens is 594 g/mol. The Hall–Kier alpha value is -1.66. The molecule has 0 aromatic heterocycles. The topological polar surface area (TPSA) is 81.7 Å². The number of nitrogens with one attached hydrogen (secondary N) is 2. The molecule has 0 saturated carbocycles. The first-order chi connectivity index (χ1) is 23.5. The lowest BCUT2D eigenvalue weighted by Crippen LogP contribution is -2.56. The summed E-state index contributed by atoms with van der Waals surface area (Å²) in [6, 6.07) is 0. The van der Waals surface area contributed by atoms with Crippen LogP contribution in [0.25, 0.3) is 0 Å². The van der Waals surface area contributed by atoms with Crippen molar-refractivity contribution in [2.45, 2.75) is 220 Å². The van der Waals surface area contributed by atoms with E-state index in [4.69, 9.17) is 0 Å². The van der Waals surface area contributed by atoms with Crippen LogP contribution in [0.15, 0.2) is 24.3 Å². The fourth-order valence-corrected chi connectivity index (χ4v) is 6.33. The molecule has 0 fully saturated rings. The number of rotatable bonds is 36. The van der Waals surface area contributed by atoms with Crippen LogP contribution in [0.1, 0.15) is 207 Å². The first-order valence-corrected chi connectivity index (χ1v) is 20.7. The van der Waals surface area contributed by atoms with Crippen LogP contribution in [0.4, 0.5) is 0 Å². The predicted octanol–water partition coefficient (Wildman–Crippen LogP) is 11.3. The standard InChI is InChI=1S/C42H81N3O3/c1-5-7-9-11-13-15-17-19-21-23-25-27-29-31-33-35-41(47)43-39(3)45(37-38-46)40(4)44-42(48)36-34-32-30-28-26-24-22-20-18-16-14-12-10-8-6-2/h19-22,39-40,46H,5-18,23-38H2,1-4H3,(H,43,47)(H,44,48). The van der Waals surface area contributed by atoms with Gasteiger partial charge in [0.05, 0.1) is 18.9 Å². The summed E-state index contributed by atoms with van der Waals surface area (Å²) in [5.74, 6) is 0.0739. The molecule has 0 heterocycles. The quantitative estimate of drug-likeness (QED) is 0.0351. The second kappa shape index (κ2) is 36.6. The van der Waals surface area contributed by atoms with Crippen molar-refractivity contribution in [1.29, 1.82) is 0 Å². The minimum absolute atomic E-state index is 0.0249. The zero-order valence-corrected chi connectivity index (χ0v) is 32.4. The SMILES string of the molecule is CCCCCCCCC=CCCCCCCCC(=O)NC(C)N(CCO)C(C)NC(=O)CCCCCCCC=CCCCCCCCC. The monoisotopic (exact) mass is 676 g/mol. The highest BCUT2D eigenvalue weighted by Crippen LogP contribution is 2.12. The maximum Gasteiger partial charge on any atom is 0.221 e. The van der Waals surface area contributed by atoms with Gasteiger partial charge in [0.25, 0.3) is 0 Å². The number of unbranched alkanes of at least 4 members (excludes halogenated alkanes) is 22. The van der Waals surface area contributed by atoms with Crippen molar-refractivity contribution in [2.75, 3.05) is 13.2 Å². The van der Waals surface area contributed by atoms with Crippen LogP contribution in [0.2, 0.25) is 0 Å². The van der Waals surface area contributed by atoms with E-state index in [1.165, 1.54) is 141 Å². The molecule has 2 unspecified atom stereocenters. The van der Waals surface area contributed by atoms with Gasteiger partial charge in [0, 0.05) is 19.4 Å². The van der Waals surface area contributed by atoms with E-state index in [1.54, 1.807) is 0 Å². The van der Waals surface area contributed by atoms with E-state index < -0.39 is 0 Å². The summed E-state index contributed by atoms with van der Waals surface area (Å²) in [5, 5.41) is 15.8.